The summed E-state index contributed by atoms with van der Waals surface area (Å²) in [6.45, 7) is 25.2. The van der Waals surface area contributed by atoms with E-state index in [2.05, 4.69) is 50.3 Å². The van der Waals surface area contributed by atoms with Gasteiger partial charge in [0.1, 0.15) is 11.6 Å². The fourth-order valence-corrected chi connectivity index (χ4v) is 13.3. The molecule has 8 saturated carbocycles. The first kappa shape index (κ1) is 46.7. The zero-order chi connectivity index (χ0) is 42.9. The molecule has 0 saturated heterocycles. The number of carbonyl (C=O) groups excluding carboxylic acids is 6. The van der Waals surface area contributed by atoms with Crippen molar-refractivity contribution >= 4 is 35.1 Å². The van der Waals surface area contributed by atoms with Crippen molar-refractivity contribution in [2.24, 2.45) is 81.8 Å². The quantitative estimate of drug-likeness (QED) is 0.188. The van der Waals surface area contributed by atoms with Gasteiger partial charge in [0.2, 0.25) is 0 Å². The second-order valence-electron chi connectivity index (χ2n) is 20.0. The molecule has 8 aliphatic carbocycles. The van der Waals surface area contributed by atoms with Gasteiger partial charge in [-0.15, -0.1) is 0 Å². The van der Waals surface area contributed by atoms with Crippen molar-refractivity contribution in [3.8, 4) is 0 Å². The van der Waals surface area contributed by atoms with Crippen LogP contribution >= 0.6 is 0 Å². The van der Waals surface area contributed by atoms with Crippen LogP contribution in [0.2, 0.25) is 0 Å². The summed E-state index contributed by atoms with van der Waals surface area (Å²) in [7, 11) is 2.70. The Hall–Kier alpha value is -2.94. The first-order chi connectivity index (χ1) is 26.5. The predicted molar refractivity (Wildman–Crippen MR) is 221 cm³/mol. The lowest BCUT2D eigenvalue weighted by Crippen LogP contribution is -2.56. The molecule has 57 heavy (non-hydrogen) atoms. The van der Waals surface area contributed by atoms with Gasteiger partial charge in [-0.3, -0.25) is 28.8 Å². The maximum absolute atomic E-state index is 13.0. The van der Waals surface area contributed by atoms with E-state index in [1.165, 1.54) is 53.8 Å². The Morgan fingerprint density at radius 2 is 0.912 bits per heavy atom. The van der Waals surface area contributed by atoms with Crippen LogP contribution in [0.4, 0.5) is 0 Å². The minimum absolute atomic E-state index is 0.0111. The zero-order valence-electron chi connectivity index (χ0n) is 37.0. The molecule has 320 valence electrons. The number of fused-ring (bicyclic) bond motifs is 6. The van der Waals surface area contributed by atoms with Gasteiger partial charge in [-0.2, -0.15) is 0 Å². The van der Waals surface area contributed by atoms with Gasteiger partial charge in [-0.1, -0.05) is 66.5 Å². The standard InChI is InChI=1S/2C19H26O2.C4H10O.2C3H6O2/c2*1-10-5-4-6-14-13(10)7-8-19-12(3)15(11(2)18(19)21)9-16(20)17(14)19;1-4(2,3)5;2*1-3(4)5-2/h2*10,12-15,17H,2,4-9H2,1,3H3;5H,1-3H3;2*1-2H3/t2*10?,12?,13?,14?,15-,17?,19+;;;/m00.../s1. The van der Waals surface area contributed by atoms with Crippen LogP contribution in [0.3, 0.4) is 0 Å². The highest BCUT2D eigenvalue weighted by Crippen LogP contribution is 2.67. The lowest BCUT2D eigenvalue weighted by Gasteiger charge is -2.55. The second-order valence-corrected chi connectivity index (χ2v) is 20.0. The van der Waals surface area contributed by atoms with Gasteiger partial charge in [-0.05, 0) is 130 Å². The van der Waals surface area contributed by atoms with Crippen LogP contribution in [-0.4, -0.2) is 60.0 Å². The molecule has 8 rings (SSSR count). The number of esters is 2. The minimum Gasteiger partial charge on any atom is -0.469 e. The van der Waals surface area contributed by atoms with Crippen molar-refractivity contribution in [1.82, 2.24) is 0 Å². The van der Waals surface area contributed by atoms with Crippen molar-refractivity contribution in [1.29, 1.82) is 0 Å². The van der Waals surface area contributed by atoms with Gasteiger partial charge in [0, 0.05) is 49.4 Å². The molecule has 10 unspecified atom stereocenters. The summed E-state index contributed by atoms with van der Waals surface area (Å²) in [6, 6.07) is 0. The third-order valence-corrected chi connectivity index (χ3v) is 16.0. The smallest absolute Gasteiger partial charge is 0.302 e. The van der Waals surface area contributed by atoms with E-state index in [4.69, 9.17) is 5.11 Å². The summed E-state index contributed by atoms with van der Waals surface area (Å²) < 4.78 is 8.22. The van der Waals surface area contributed by atoms with Crippen LogP contribution in [0.1, 0.15) is 139 Å². The summed E-state index contributed by atoms with van der Waals surface area (Å²) in [6.07, 6.45) is 12.7. The SMILES string of the molecule is C=C1C(=O)[C@@]23CCC4C(C)CCCC4C2C(=O)C[C@@H]1C3C.C=C1C(=O)[C@@]23CCC4C(C)CCCC4C2C(=O)C[C@@H]1C3C.CC(C)(C)O.COC(C)=O.COC(C)=O. The molecule has 0 aliphatic heterocycles. The molecule has 14 atom stereocenters. The van der Waals surface area contributed by atoms with Gasteiger partial charge in [-0.25, -0.2) is 0 Å². The highest BCUT2D eigenvalue weighted by molar-refractivity contribution is 6.09. The van der Waals surface area contributed by atoms with Gasteiger partial charge >= 0.3 is 11.9 Å². The second kappa shape index (κ2) is 18.1. The lowest BCUT2D eigenvalue weighted by atomic mass is 9.47. The van der Waals surface area contributed by atoms with Gasteiger partial charge in [0.05, 0.1) is 19.8 Å². The van der Waals surface area contributed by atoms with E-state index in [1.54, 1.807) is 20.8 Å². The van der Waals surface area contributed by atoms with Gasteiger partial charge < -0.3 is 14.6 Å². The molecular weight excluding hydrogens is 721 g/mol. The van der Waals surface area contributed by atoms with Crippen molar-refractivity contribution in [2.45, 2.75) is 145 Å². The fourth-order valence-electron chi connectivity index (χ4n) is 13.3. The number of allylic oxidation sites excluding steroid dienone is 2. The third kappa shape index (κ3) is 8.84. The molecule has 4 bridgehead atoms. The summed E-state index contributed by atoms with van der Waals surface area (Å²) in [5.74, 6) is 5.47. The van der Waals surface area contributed by atoms with Crippen molar-refractivity contribution < 1.29 is 43.3 Å². The Kier molecular flexibility index (Phi) is 14.9. The van der Waals surface area contributed by atoms with Crippen LogP contribution in [0.15, 0.2) is 24.3 Å². The van der Waals surface area contributed by atoms with E-state index in [1.807, 2.05) is 0 Å². The number of rotatable bonds is 0. The zero-order valence-corrected chi connectivity index (χ0v) is 37.0. The Morgan fingerprint density at radius 1 is 0.614 bits per heavy atom. The van der Waals surface area contributed by atoms with Crippen LogP contribution in [-0.2, 0) is 38.2 Å². The summed E-state index contributed by atoms with van der Waals surface area (Å²) in [5, 5.41) is 8.52. The summed E-state index contributed by atoms with van der Waals surface area (Å²) in [5.41, 5.74) is 0.297. The van der Waals surface area contributed by atoms with Crippen LogP contribution < -0.4 is 0 Å². The molecule has 0 aromatic heterocycles. The predicted octanol–water partition coefficient (Wildman–Crippen LogP) is 8.73. The van der Waals surface area contributed by atoms with Crippen molar-refractivity contribution in [2.75, 3.05) is 14.2 Å². The maximum Gasteiger partial charge on any atom is 0.302 e. The van der Waals surface area contributed by atoms with Crippen molar-refractivity contribution in [3.05, 3.63) is 24.3 Å². The number of ether oxygens (including phenoxy) is 2. The van der Waals surface area contributed by atoms with Crippen LogP contribution in [0.5, 0.6) is 0 Å². The first-order valence-corrected chi connectivity index (χ1v) is 21.8. The topological polar surface area (TPSA) is 141 Å². The van der Waals surface area contributed by atoms with Crippen molar-refractivity contribution in [3.63, 3.8) is 0 Å². The highest BCUT2D eigenvalue weighted by atomic mass is 16.5. The van der Waals surface area contributed by atoms with Crippen LogP contribution in [0.25, 0.3) is 0 Å². The molecule has 0 aromatic rings. The van der Waals surface area contributed by atoms with E-state index in [9.17, 15) is 28.8 Å². The maximum atomic E-state index is 13.0. The van der Waals surface area contributed by atoms with Crippen LogP contribution in [0, 0.1) is 81.8 Å². The number of Topliss-reactive ketones (excluding diaryl/α,β-unsaturated/α-hetero) is 4. The highest BCUT2D eigenvalue weighted by Gasteiger charge is 2.69. The normalized spacial score (nSPS) is 41.0. The number of hydrogen-bond acceptors (Lipinski definition) is 9. The fraction of sp³-hybridized carbons (Fsp3) is 0.792. The average Bonchev–Trinajstić information content (AvgIpc) is 3.32. The Bertz CT molecular complexity index is 1470. The number of carbonyl (C=O) groups is 6. The Morgan fingerprint density at radius 3 is 1.19 bits per heavy atom. The molecule has 8 aliphatic rings. The number of ketones is 4. The molecule has 2 spiro atoms. The first-order valence-electron chi connectivity index (χ1n) is 21.8. The van der Waals surface area contributed by atoms with E-state index >= 15 is 0 Å². The van der Waals surface area contributed by atoms with E-state index < -0.39 is 5.60 Å². The summed E-state index contributed by atoms with van der Waals surface area (Å²) in [4.78, 5) is 71.0. The average molecular weight is 795 g/mol. The molecular formula is C48H74O9. The monoisotopic (exact) mass is 795 g/mol. The number of methoxy groups -OCH3 is 2. The third-order valence-electron chi connectivity index (χ3n) is 16.0. The van der Waals surface area contributed by atoms with Gasteiger partial charge in [0.15, 0.2) is 11.6 Å². The summed E-state index contributed by atoms with van der Waals surface area (Å²) >= 11 is 0. The Balaban J connectivity index is 0.000000188. The molecule has 8 fully saturated rings. The van der Waals surface area contributed by atoms with Gasteiger partial charge in [0.25, 0.3) is 0 Å². The molecule has 9 heteroatoms. The number of hydrogen-bond donors (Lipinski definition) is 1. The lowest BCUT2D eigenvalue weighted by molar-refractivity contribution is -0.157. The largest absolute Gasteiger partial charge is 0.469 e. The molecule has 0 radical (unpaired) electrons. The molecule has 0 amide bonds. The number of aliphatic hydroxyl groups is 1. The molecule has 1 N–H and O–H groups in total. The van der Waals surface area contributed by atoms with E-state index in [0.29, 0.717) is 59.9 Å². The van der Waals surface area contributed by atoms with E-state index in [0.717, 1.165) is 61.5 Å². The molecule has 9 nitrogen and oxygen atoms in total. The Labute approximate surface area is 342 Å². The minimum atomic E-state index is -0.500. The molecule has 0 heterocycles. The van der Waals surface area contributed by atoms with E-state index in [-0.39, 0.29) is 58.0 Å². The molecule has 0 aromatic carbocycles.